The summed E-state index contributed by atoms with van der Waals surface area (Å²) < 4.78 is 0. The lowest BCUT2D eigenvalue weighted by Crippen LogP contribution is -2.38. The highest BCUT2D eigenvalue weighted by Gasteiger charge is 2.15. The number of carbonyl (C=O) groups excluding carboxylic acids is 1. The van der Waals surface area contributed by atoms with Crippen LogP contribution in [0.2, 0.25) is 0 Å². The Balaban J connectivity index is 2.75. The number of hydrogen-bond acceptors (Lipinski definition) is 2. The van der Waals surface area contributed by atoms with Crippen molar-refractivity contribution in [3.63, 3.8) is 0 Å². The molecule has 98 valence electrons. The highest BCUT2D eigenvalue weighted by Crippen LogP contribution is 2.09. The summed E-state index contributed by atoms with van der Waals surface area (Å²) in [5.74, 6) is 0.375. The van der Waals surface area contributed by atoms with Crippen molar-refractivity contribution in [3.05, 3.63) is 35.4 Å². The monoisotopic (exact) mass is 264 g/mol. The zero-order valence-electron chi connectivity index (χ0n) is 11.1. The summed E-state index contributed by atoms with van der Waals surface area (Å²) in [5.41, 5.74) is 6.92. The predicted octanol–water partition coefficient (Wildman–Crippen LogP) is 2.49. The van der Waals surface area contributed by atoms with E-state index in [4.69, 9.17) is 18.0 Å². The van der Waals surface area contributed by atoms with Gasteiger partial charge in [-0.15, -0.1) is 0 Å². The molecule has 3 nitrogen and oxygen atoms in total. The second-order valence-electron chi connectivity index (χ2n) is 4.67. The molecular weight excluding hydrogens is 244 g/mol. The topological polar surface area (TPSA) is 55.1 Å². The minimum absolute atomic E-state index is 0.0509. The average Bonchev–Trinajstić information content (AvgIpc) is 2.35. The van der Waals surface area contributed by atoms with Crippen LogP contribution in [0.5, 0.6) is 0 Å². The van der Waals surface area contributed by atoms with Crippen molar-refractivity contribution < 1.29 is 4.79 Å². The summed E-state index contributed by atoms with van der Waals surface area (Å²) in [5, 5.41) is 3.03. The molecule has 3 N–H and O–H groups in total. The number of benzene rings is 1. The van der Waals surface area contributed by atoms with Crippen LogP contribution in [0.3, 0.4) is 0 Å². The van der Waals surface area contributed by atoms with Crippen molar-refractivity contribution in [2.24, 2.45) is 11.7 Å². The summed E-state index contributed by atoms with van der Waals surface area (Å²) >= 11 is 4.87. The summed E-state index contributed by atoms with van der Waals surface area (Å²) in [6, 6.07) is 7.24. The number of carbonyl (C=O) groups is 1. The summed E-state index contributed by atoms with van der Waals surface area (Å²) in [6.07, 6.45) is 0.925. The largest absolute Gasteiger partial charge is 0.389 e. The number of hydrogen-bond donors (Lipinski definition) is 2. The van der Waals surface area contributed by atoms with Gasteiger partial charge in [-0.1, -0.05) is 45.1 Å². The fourth-order valence-corrected chi connectivity index (χ4v) is 1.91. The van der Waals surface area contributed by atoms with Gasteiger partial charge in [0.15, 0.2) is 0 Å². The third kappa shape index (κ3) is 3.81. The molecule has 0 bridgehead atoms. The number of nitrogens with two attached hydrogens (primary N) is 1. The molecule has 1 aromatic carbocycles. The zero-order chi connectivity index (χ0) is 13.7. The lowest BCUT2D eigenvalue weighted by atomic mass is 10.0. The Bertz CT molecular complexity index is 426. The summed E-state index contributed by atoms with van der Waals surface area (Å²) in [4.78, 5) is 12.4. The second kappa shape index (κ2) is 6.50. The predicted molar refractivity (Wildman–Crippen MR) is 78.7 cm³/mol. The zero-order valence-corrected chi connectivity index (χ0v) is 11.9. The van der Waals surface area contributed by atoms with Crippen LogP contribution in [0.4, 0.5) is 0 Å². The van der Waals surface area contributed by atoms with Gasteiger partial charge in [-0.2, -0.15) is 0 Å². The Kier molecular flexibility index (Phi) is 5.28. The smallest absolute Gasteiger partial charge is 0.251 e. The van der Waals surface area contributed by atoms with Gasteiger partial charge in [0.25, 0.3) is 5.91 Å². The van der Waals surface area contributed by atoms with E-state index in [1.54, 1.807) is 24.3 Å². The highest BCUT2D eigenvalue weighted by molar-refractivity contribution is 7.80. The number of amides is 1. The van der Waals surface area contributed by atoms with Gasteiger partial charge in [-0.25, -0.2) is 0 Å². The molecule has 0 heterocycles. The maximum atomic E-state index is 12.0. The van der Waals surface area contributed by atoms with Crippen molar-refractivity contribution >= 4 is 23.1 Å². The average molecular weight is 264 g/mol. The number of nitrogens with one attached hydrogen (secondary N) is 1. The molecule has 4 heteroatoms. The molecular formula is C14H20N2OS. The molecule has 0 aromatic heterocycles. The molecule has 0 saturated heterocycles. The molecule has 1 rings (SSSR count). The summed E-state index contributed by atoms with van der Waals surface area (Å²) in [7, 11) is 0. The molecule has 0 radical (unpaired) electrons. The first-order valence-corrected chi connectivity index (χ1v) is 6.57. The molecule has 0 fully saturated rings. The van der Waals surface area contributed by atoms with Gasteiger partial charge in [0.2, 0.25) is 0 Å². The highest BCUT2D eigenvalue weighted by atomic mass is 32.1. The Hall–Kier alpha value is -1.42. The molecule has 0 aliphatic carbocycles. The molecule has 0 unspecified atom stereocenters. The molecule has 0 aliphatic heterocycles. The van der Waals surface area contributed by atoms with Crippen molar-refractivity contribution in [1.29, 1.82) is 0 Å². The standard InChI is InChI=1S/C14H20N2OS/c1-4-12(9(2)3)16-14(17)11-7-5-10(6-8-11)13(15)18/h5-9,12H,4H2,1-3H3,(H2,15,18)(H,16,17)/t12-/m0/s1. The molecule has 1 amide bonds. The van der Waals surface area contributed by atoms with Crippen LogP contribution in [-0.2, 0) is 0 Å². The first kappa shape index (κ1) is 14.6. The van der Waals surface area contributed by atoms with Crippen LogP contribution in [-0.4, -0.2) is 16.9 Å². The van der Waals surface area contributed by atoms with E-state index >= 15 is 0 Å². The van der Waals surface area contributed by atoms with E-state index in [0.29, 0.717) is 16.5 Å². The third-order valence-electron chi connectivity index (χ3n) is 2.99. The molecule has 0 spiro atoms. The third-order valence-corrected chi connectivity index (χ3v) is 3.23. The van der Waals surface area contributed by atoms with Crippen LogP contribution in [0.25, 0.3) is 0 Å². The van der Waals surface area contributed by atoms with E-state index in [1.165, 1.54) is 0 Å². The number of thiocarbonyl (C=S) groups is 1. The van der Waals surface area contributed by atoms with Crippen LogP contribution in [0.15, 0.2) is 24.3 Å². The Morgan fingerprint density at radius 1 is 1.28 bits per heavy atom. The first-order chi connectivity index (χ1) is 8.45. The van der Waals surface area contributed by atoms with E-state index < -0.39 is 0 Å². The maximum absolute atomic E-state index is 12.0. The van der Waals surface area contributed by atoms with Crippen molar-refractivity contribution in [2.45, 2.75) is 33.2 Å². The maximum Gasteiger partial charge on any atom is 0.251 e. The van der Waals surface area contributed by atoms with Gasteiger partial charge in [0.1, 0.15) is 4.99 Å². The van der Waals surface area contributed by atoms with Crippen molar-refractivity contribution in [3.8, 4) is 0 Å². The van der Waals surface area contributed by atoms with Gasteiger partial charge in [0, 0.05) is 17.2 Å². The minimum Gasteiger partial charge on any atom is -0.389 e. The lowest BCUT2D eigenvalue weighted by Gasteiger charge is -2.20. The Morgan fingerprint density at radius 2 is 1.78 bits per heavy atom. The van der Waals surface area contributed by atoms with Crippen LogP contribution < -0.4 is 11.1 Å². The Labute approximate surface area is 114 Å². The van der Waals surface area contributed by atoms with Crippen molar-refractivity contribution in [2.75, 3.05) is 0 Å². The normalized spacial score (nSPS) is 12.2. The van der Waals surface area contributed by atoms with Gasteiger partial charge in [0.05, 0.1) is 0 Å². The van der Waals surface area contributed by atoms with Crippen LogP contribution in [0.1, 0.15) is 43.1 Å². The van der Waals surface area contributed by atoms with E-state index in [0.717, 1.165) is 12.0 Å². The van der Waals surface area contributed by atoms with Gasteiger partial charge in [-0.3, -0.25) is 4.79 Å². The lowest BCUT2D eigenvalue weighted by molar-refractivity contribution is 0.0924. The van der Waals surface area contributed by atoms with Crippen molar-refractivity contribution in [1.82, 2.24) is 5.32 Å². The van der Waals surface area contributed by atoms with Gasteiger partial charge in [-0.05, 0) is 24.5 Å². The summed E-state index contributed by atoms with van der Waals surface area (Å²) in [6.45, 7) is 6.27. The fourth-order valence-electron chi connectivity index (χ4n) is 1.78. The van der Waals surface area contributed by atoms with E-state index in [2.05, 4.69) is 26.1 Å². The molecule has 1 atom stereocenters. The quantitative estimate of drug-likeness (QED) is 0.803. The van der Waals surface area contributed by atoms with E-state index in [9.17, 15) is 4.79 Å². The molecule has 18 heavy (non-hydrogen) atoms. The SMILES string of the molecule is CC[C@H](NC(=O)c1ccc(C(N)=S)cc1)C(C)C. The van der Waals surface area contributed by atoms with Gasteiger partial charge >= 0.3 is 0 Å². The molecule has 0 saturated carbocycles. The van der Waals surface area contributed by atoms with Crippen LogP contribution >= 0.6 is 12.2 Å². The molecule has 0 aliphatic rings. The van der Waals surface area contributed by atoms with E-state index in [1.807, 2.05) is 0 Å². The Morgan fingerprint density at radius 3 is 2.17 bits per heavy atom. The van der Waals surface area contributed by atoms with Crippen LogP contribution in [0, 0.1) is 5.92 Å². The fraction of sp³-hybridized carbons (Fsp3) is 0.429. The molecule has 1 aromatic rings. The van der Waals surface area contributed by atoms with Gasteiger partial charge < -0.3 is 11.1 Å². The minimum atomic E-state index is -0.0509. The second-order valence-corrected chi connectivity index (χ2v) is 5.11. The first-order valence-electron chi connectivity index (χ1n) is 6.16. The number of rotatable bonds is 5. The van der Waals surface area contributed by atoms with E-state index in [-0.39, 0.29) is 11.9 Å².